The van der Waals surface area contributed by atoms with Gasteiger partial charge < -0.3 is 15.5 Å². The molecule has 0 bridgehead atoms. The molecular weight excluding hydrogens is 314 g/mol. The fraction of sp³-hybridized carbons (Fsp3) is 0.381. The Labute approximate surface area is 148 Å². The van der Waals surface area contributed by atoms with Crippen molar-refractivity contribution in [2.75, 3.05) is 0 Å². The zero-order valence-electron chi connectivity index (χ0n) is 14.3. The Bertz CT molecular complexity index is 679. The standard InChI is InChI=1S/C21H25NO3/c23-19(15-16-7-3-1-4-8-16)20(24)22-18-11-13-21(25,14-12-18)17-9-5-2-6-10-17/h1-10,18-19,23,25H,11-15H2,(H,22,24)/t18?,19-,21?/m0/s1. The van der Waals surface area contributed by atoms with Crippen LogP contribution >= 0.6 is 0 Å². The van der Waals surface area contributed by atoms with Crippen LogP contribution in [-0.4, -0.2) is 28.3 Å². The van der Waals surface area contributed by atoms with Gasteiger partial charge in [-0.25, -0.2) is 0 Å². The van der Waals surface area contributed by atoms with E-state index < -0.39 is 11.7 Å². The van der Waals surface area contributed by atoms with Gasteiger partial charge in [-0.1, -0.05) is 60.7 Å². The van der Waals surface area contributed by atoms with Crippen LogP contribution in [0.3, 0.4) is 0 Å². The zero-order chi connectivity index (χ0) is 17.7. The summed E-state index contributed by atoms with van der Waals surface area (Å²) < 4.78 is 0. The number of carbonyl (C=O) groups is 1. The summed E-state index contributed by atoms with van der Waals surface area (Å²) in [5, 5.41) is 23.9. The highest BCUT2D eigenvalue weighted by Crippen LogP contribution is 2.36. The number of hydrogen-bond acceptors (Lipinski definition) is 3. The first-order chi connectivity index (χ1) is 12.1. The second kappa shape index (κ2) is 7.81. The summed E-state index contributed by atoms with van der Waals surface area (Å²) in [7, 11) is 0. The highest BCUT2D eigenvalue weighted by molar-refractivity contribution is 5.81. The van der Waals surface area contributed by atoms with Gasteiger partial charge in [0.2, 0.25) is 5.91 Å². The smallest absolute Gasteiger partial charge is 0.249 e. The van der Waals surface area contributed by atoms with Crippen LogP contribution in [-0.2, 0) is 16.8 Å². The molecule has 4 nitrogen and oxygen atoms in total. The van der Waals surface area contributed by atoms with Crippen molar-refractivity contribution in [2.45, 2.75) is 49.9 Å². The number of rotatable bonds is 5. The molecule has 0 heterocycles. The fourth-order valence-corrected chi connectivity index (χ4v) is 3.50. The third-order valence-corrected chi connectivity index (χ3v) is 5.04. The van der Waals surface area contributed by atoms with Crippen molar-refractivity contribution in [3.63, 3.8) is 0 Å². The van der Waals surface area contributed by atoms with E-state index in [0.29, 0.717) is 32.1 Å². The molecule has 1 aliphatic carbocycles. The van der Waals surface area contributed by atoms with Crippen molar-refractivity contribution in [2.24, 2.45) is 0 Å². The minimum Gasteiger partial charge on any atom is -0.385 e. The Kier molecular flexibility index (Phi) is 5.51. The fourth-order valence-electron chi connectivity index (χ4n) is 3.50. The Morgan fingerprint density at radius 3 is 2.20 bits per heavy atom. The van der Waals surface area contributed by atoms with Gasteiger partial charge in [-0.2, -0.15) is 0 Å². The van der Waals surface area contributed by atoms with Crippen molar-refractivity contribution >= 4 is 5.91 Å². The normalized spacial score (nSPS) is 24.5. The summed E-state index contributed by atoms with van der Waals surface area (Å²) in [6, 6.07) is 19.2. The molecule has 1 aliphatic rings. The van der Waals surface area contributed by atoms with Gasteiger partial charge in [-0.05, 0) is 36.8 Å². The first-order valence-electron chi connectivity index (χ1n) is 8.87. The van der Waals surface area contributed by atoms with Crippen LogP contribution in [0.2, 0.25) is 0 Å². The van der Waals surface area contributed by atoms with E-state index in [4.69, 9.17) is 0 Å². The highest BCUT2D eigenvalue weighted by Gasteiger charge is 2.35. The third-order valence-electron chi connectivity index (χ3n) is 5.04. The second-order valence-corrected chi connectivity index (χ2v) is 6.89. The van der Waals surface area contributed by atoms with E-state index >= 15 is 0 Å². The number of aliphatic hydroxyl groups is 2. The summed E-state index contributed by atoms with van der Waals surface area (Å²) >= 11 is 0. The summed E-state index contributed by atoms with van der Waals surface area (Å²) in [4.78, 5) is 12.2. The van der Waals surface area contributed by atoms with Gasteiger partial charge in [0.25, 0.3) is 0 Å². The van der Waals surface area contributed by atoms with E-state index in [1.165, 1.54) is 0 Å². The molecule has 0 aromatic heterocycles. The van der Waals surface area contributed by atoms with Crippen LogP contribution in [0, 0.1) is 0 Å². The number of hydrogen-bond donors (Lipinski definition) is 3. The molecule has 1 saturated carbocycles. The number of aliphatic hydroxyl groups excluding tert-OH is 1. The van der Waals surface area contributed by atoms with E-state index in [1.54, 1.807) is 0 Å². The molecule has 3 N–H and O–H groups in total. The van der Waals surface area contributed by atoms with Gasteiger partial charge in [0.15, 0.2) is 0 Å². The van der Waals surface area contributed by atoms with Gasteiger partial charge in [0, 0.05) is 12.5 Å². The molecule has 0 unspecified atom stereocenters. The number of carbonyl (C=O) groups excluding carboxylic acids is 1. The van der Waals surface area contributed by atoms with Crippen LogP contribution in [0.1, 0.15) is 36.8 Å². The second-order valence-electron chi connectivity index (χ2n) is 6.89. The van der Waals surface area contributed by atoms with E-state index in [0.717, 1.165) is 11.1 Å². The molecule has 2 aromatic rings. The molecule has 1 fully saturated rings. The maximum Gasteiger partial charge on any atom is 0.249 e. The average Bonchev–Trinajstić information content (AvgIpc) is 2.65. The van der Waals surface area contributed by atoms with Gasteiger partial charge in [-0.15, -0.1) is 0 Å². The van der Waals surface area contributed by atoms with E-state index in [1.807, 2.05) is 60.7 Å². The minimum atomic E-state index is -1.04. The Balaban J connectivity index is 1.51. The Morgan fingerprint density at radius 2 is 1.60 bits per heavy atom. The van der Waals surface area contributed by atoms with Crippen molar-refractivity contribution in [3.8, 4) is 0 Å². The van der Waals surface area contributed by atoms with Crippen molar-refractivity contribution < 1.29 is 15.0 Å². The maximum atomic E-state index is 12.2. The monoisotopic (exact) mass is 339 g/mol. The average molecular weight is 339 g/mol. The van der Waals surface area contributed by atoms with Crippen molar-refractivity contribution in [3.05, 3.63) is 71.8 Å². The third kappa shape index (κ3) is 4.47. The predicted molar refractivity (Wildman–Crippen MR) is 96.9 cm³/mol. The van der Waals surface area contributed by atoms with E-state index in [9.17, 15) is 15.0 Å². The number of nitrogens with one attached hydrogen (secondary N) is 1. The van der Waals surface area contributed by atoms with Gasteiger partial charge in [0.05, 0.1) is 5.60 Å². The lowest BCUT2D eigenvalue weighted by atomic mass is 9.77. The van der Waals surface area contributed by atoms with Crippen LogP contribution in [0.15, 0.2) is 60.7 Å². The SMILES string of the molecule is O=C(NC1CCC(O)(c2ccccc2)CC1)[C@@H](O)Cc1ccccc1. The maximum absolute atomic E-state index is 12.2. The molecular formula is C21H25NO3. The Morgan fingerprint density at radius 1 is 1.04 bits per heavy atom. The molecule has 25 heavy (non-hydrogen) atoms. The van der Waals surface area contributed by atoms with Gasteiger partial charge >= 0.3 is 0 Å². The molecule has 0 aliphatic heterocycles. The molecule has 0 radical (unpaired) electrons. The van der Waals surface area contributed by atoms with Crippen LogP contribution < -0.4 is 5.32 Å². The molecule has 3 rings (SSSR count). The van der Waals surface area contributed by atoms with Crippen molar-refractivity contribution in [1.29, 1.82) is 0 Å². The first-order valence-corrected chi connectivity index (χ1v) is 8.87. The van der Waals surface area contributed by atoms with Crippen molar-refractivity contribution in [1.82, 2.24) is 5.32 Å². The highest BCUT2D eigenvalue weighted by atomic mass is 16.3. The van der Waals surface area contributed by atoms with Gasteiger partial charge in [0.1, 0.15) is 6.10 Å². The number of amides is 1. The predicted octanol–water partition coefficient (Wildman–Crippen LogP) is 2.54. The lowest BCUT2D eigenvalue weighted by molar-refractivity contribution is -0.130. The molecule has 132 valence electrons. The van der Waals surface area contributed by atoms with Gasteiger partial charge in [-0.3, -0.25) is 4.79 Å². The molecule has 2 aromatic carbocycles. The van der Waals surface area contributed by atoms with Crippen LogP contribution in [0.25, 0.3) is 0 Å². The number of benzene rings is 2. The summed E-state index contributed by atoms with van der Waals surface area (Å²) in [5.41, 5.74) is 1.06. The lowest BCUT2D eigenvalue weighted by Crippen LogP contribution is -2.46. The van der Waals surface area contributed by atoms with E-state index in [-0.39, 0.29) is 11.9 Å². The summed E-state index contributed by atoms with van der Waals surface area (Å²) in [5.74, 6) is -0.334. The minimum absolute atomic E-state index is 0.00177. The largest absolute Gasteiger partial charge is 0.385 e. The molecule has 0 saturated heterocycles. The topological polar surface area (TPSA) is 69.6 Å². The summed E-state index contributed by atoms with van der Waals surface area (Å²) in [6.07, 6.45) is 1.89. The molecule has 1 amide bonds. The van der Waals surface area contributed by atoms with E-state index in [2.05, 4.69) is 5.32 Å². The lowest BCUT2D eigenvalue weighted by Gasteiger charge is -2.37. The van der Waals surface area contributed by atoms with Crippen LogP contribution in [0.4, 0.5) is 0 Å². The zero-order valence-corrected chi connectivity index (χ0v) is 14.3. The first kappa shape index (κ1) is 17.6. The molecule has 1 atom stereocenters. The summed E-state index contributed by atoms with van der Waals surface area (Å²) in [6.45, 7) is 0. The quantitative estimate of drug-likeness (QED) is 0.784. The Hall–Kier alpha value is -2.17. The van der Waals surface area contributed by atoms with Crippen LogP contribution in [0.5, 0.6) is 0 Å². The molecule has 0 spiro atoms. The molecule has 4 heteroatoms.